The van der Waals surface area contributed by atoms with Crippen LogP contribution in [0.4, 0.5) is 0 Å². The summed E-state index contributed by atoms with van der Waals surface area (Å²) in [5.41, 5.74) is 2.44. The molecule has 0 saturated heterocycles. The van der Waals surface area contributed by atoms with Crippen LogP contribution in [0.3, 0.4) is 0 Å². The quantitative estimate of drug-likeness (QED) is 0.858. The minimum absolute atomic E-state index is 0.885. The Morgan fingerprint density at radius 1 is 1.12 bits per heavy atom. The number of aromatic nitrogens is 1. The molecule has 0 radical (unpaired) electrons. The zero-order valence-corrected chi connectivity index (χ0v) is 10.6. The summed E-state index contributed by atoms with van der Waals surface area (Å²) in [6.45, 7) is 0. The first kappa shape index (κ1) is 11.1. The molecule has 0 unspecified atom stereocenters. The lowest BCUT2D eigenvalue weighted by atomic mass is 10.1. The van der Waals surface area contributed by atoms with Crippen molar-refractivity contribution in [1.29, 1.82) is 0 Å². The van der Waals surface area contributed by atoms with Gasteiger partial charge in [-0.3, -0.25) is 4.98 Å². The molecule has 3 heteroatoms. The van der Waals surface area contributed by atoms with E-state index in [4.69, 9.17) is 4.74 Å². The number of halogens is 1. The Balaban J connectivity index is 2.14. The minimum Gasteiger partial charge on any atom is -0.497 e. The highest BCUT2D eigenvalue weighted by Gasteiger charge is 1.98. The lowest BCUT2D eigenvalue weighted by Gasteiger charge is -2.03. The molecule has 2 aromatic rings. The number of rotatable bonds is 3. The van der Waals surface area contributed by atoms with Crippen molar-refractivity contribution in [2.45, 2.75) is 6.42 Å². The second kappa shape index (κ2) is 5.12. The van der Waals surface area contributed by atoms with Gasteiger partial charge >= 0.3 is 0 Å². The summed E-state index contributed by atoms with van der Waals surface area (Å²) < 4.78 is 6.13. The third kappa shape index (κ3) is 2.83. The molecule has 0 spiro atoms. The fraction of sp³-hybridized carbons (Fsp3) is 0.154. The Kier molecular flexibility index (Phi) is 3.57. The van der Waals surface area contributed by atoms with Gasteiger partial charge in [0.05, 0.1) is 7.11 Å². The first-order valence-corrected chi connectivity index (χ1v) is 5.79. The highest BCUT2D eigenvalue weighted by atomic mass is 79.9. The smallest absolute Gasteiger partial charge is 0.118 e. The molecule has 0 aliphatic rings. The number of pyridine rings is 1. The van der Waals surface area contributed by atoms with Crippen LogP contribution in [-0.4, -0.2) is 12.1 Å². The highest BCUT2D eigenvalue weighted by Crippen LogP contribution is 2.16. The lowest BCUT2D eigenvalue weighted by Crippen LogP contribution is -1.90. The van der Waals surface area contributed by atoms with Crippen molar-refractivity contribution < 1.29 is 4.74 Å². The summed E-state index contributed by atoms with van der Waals surface area (Å²) in [4.78, 5) is 4.14. The first-order chi connectivity index (χ1) is 7.78. The number of benzene rings is 1. The van der Waals surface area contributed by atoms with Crippen LogP contribution in [0.25, 0.3) is 0 Å². The van der Waals surface area contributed by atoms with Crippen molar-refractivity contribution in [2.75, 3.05) is 7.11 Å². The molecule has 16 heavy (non-hydrogen) atoms. The normalized spacial score (nSPS) is 10.1. The zero-order valence-electron chi connectivity index (χ0n) is 8.98. The van der Waals surface area contributed by atoms with Gasteiger partial charge in [-0.1, -0.05) is 12.1 Å². The van der Waals surface area contributed by atoms with Gasteiger partial charge in [0.15, 0.2) is 0 Å². The van der Waals surface area contributed by atoms with Crippen LogP contribution in [0, 0.1) is 0 Å². The van der Waals surface area contributed by atoms with Crippen molar-refractivity contribution in [3.63, 3.8) is 0 Å². The van der Waals surface area contributed by atoms with Crippen LogP contribution in [0.2, 0.25) is 0 Å². The summed E-state index contributed by atoms with van der Waals surface area (Å²) in [7, 11) is 1.67. The van der Waals surface area contributed by atoms with E-state index < -0.39 is 0 Å². The van der Waals surface area contributed by atoms with Gasteiger partial charge in [-0.25, -0.2) is 0 Å². The Labute approximate surface area is 103 Å². The van der Waals surface area contributed by atoms with Crippen LogP contribution in [0.1, 0.15) is 11.1 Å². The number of hydrogen-bond acceptors (Lipinski definition) is 2. The lowest BCUT2D eigenvalue weighted by molar-refractivity contribution is 0.414. The van der Waals surface area contributed by atoms with E-state index in [1.807, 2.05) is 18.3 Å². The number of ether oxygens (including phenoxy) is 1. The molecule has 2 rings (SSSR count). The standard InChI is InChI=1S/C13H12BrNO/c1-16-13-4-2-10(3-5-13)6-11-7-12(14)9-15-8-11/h2-5,7-9H,6H2,1H3. The molecule has 0 fully saturated rings. The van der Waals surface area contributed by atoms with Gasteiger partial charge < -0.3 is 4.74 Å². The van der Waals surface area contributed by atoms with Crippen LogP contribution in [0.5, 0.6) is 5.75 Å². The predicted molar refractivity (Wildman–Crippen MR) is 67.7 cm³/mol. The molecule has 0 saturated carbocycles. The number of hydrogen-bond donors (Lipinski definition) is 0. The minimum atomic E-state index is 0.885. The summed E-state index contributed by atoms with van der Waals surface area (Å²) in [6, 6.07) is 10.2. The molecule has 0 atom stereocenters. The average molecular weight is 278 g/mol. The third-order valence-corrected chi connectivity index (χ3v) is 2.76. The van der Waals surface area contributed by atoms with Gasteiger partial charge in [-0.15, -0.1) is 0 Å². The van der Waals surface area contributed by atoms with E-state index in [1.54, 1.807) is 13.3 Å². The summed E-state index contributed by atoms with van der Waals surface area (Å²) >= 11 is 3.42. The molecule has 2 nitrogen and oxygen atoms in total. The molecule has 0 aliphatic carbocycles. The van der Waals surface area contributed by atoms with Gasteiger partial charge in [-0.2, -0.15) is 0 Å². The van der Waals surface area contributed by atoms with Gasteiger partial charge in [-0.05, 0) is 51.7 Å². The Morgan fingerprint density at radius 3 is 2.50 bits per heavy atom. The van der Waals surface area contributed by atoms with Crippen molar-refractivity contribution >= 4 is 15.9 Å². The Hall–Kier alpha value is -1.35. The van der Waals surface area contributed by atoms with Gasteiger partial charge in [0.25, 0.3) is 0 Å². The fourth-order valence-corrected chi connectivity index (χ4v) is 1.94. The van der Waals surface area contributed by atoms with E-state index in [0.29, 0.717) is 0 Å². The molecule has 0 amide bonds. The maximum absolute atomic E-state index is 5.12. The van der Waals surface area contributed by atoms with E-state index in [2.05, 4.69) is 39.1 Å². The molecule has 0 N–H and O–H groups in total. The molecule has 0 bridgehead atoms. The van der Waals surface area contributed by atoms with Gasteiger partial charge in [0.2, 0.25) is 0 Å². The topological polar surface area (TPSA) is 22.1 Å². The SMILES string of the molecule is COc1ccc(Cc2cncc(Br)c2)cc1. The highest BCUT2D eigenvalue weighted by molar-refractivity contribution is 9.10. The molecular formula is C13H12BrNO. The van der Waals surface area contributed by atoms with E-state index in [9.17, 15) is 0 Å². The number of nitrogens with zero attached hydrogens (tertiary/aromatic N) is 1. The summed E-state index contributed by atoms with van der Waals surface area (Å²) in [6.07, 6.45) is 4.56. The van der Waals surface area contributed by atoms with E-state index >= 15 is 0 Å². The van der Waals surface area contributed by atoms with Crippen LogP contribution >= 0.6 is 15.9 Å². The average Bonchev–Trinajstić information content (AvgIpc) is 2.30. The van der Waals surface area contributed by atoms with Crippen molar-refractivity contribution in [1.82, 2.24) is 4.98 Å². The maximum Gasteiger partial charge on any atom is 0.118 e. The van der Waals surface area contributed by atoms with E-state index in [1.165, 1.54) is 11.1 Å². The monoisotopic (exact) mass is 277 g/mol. The summed E-state index contributed by atoms with van der Waals surface area (Å²) in [5.74, 6) is 0.885. The summed E-state index contributed by atoms with van der Waals surface area (Å²) in [5, 5.41) is 0. The molecule has 1 heterocycles. The molecule has 1 aromatic carbocycles. The third-order valence-electron chi connectivity index (χ3n) is 2.33. The van der Waals surface area contributed by atoms with Crippen molar-refractivity contribution in [3.8, 4) is 5.75 Å². The first-order valence-electron chi connectivity index (χ1n) is 5.00. The van der Waals surface area contributed by atoms with Gasteiger partial charge in [0.1, 0.15) is 5.75 Å². The Bertz CT molecular complexity index is 468. The van der Waals surface area contributed by atoms with Gasteiger partial charge in [0, 0.05) is 16.9 Å². The van der Waals surface area contributed by atoms with Crippen LogP contribution in [0.15, 0.2) is 47.2 Å². The van der Waals surface area contributed by atoms with Crippen LogP contribution < -0.4 is 4.74 Å². The van der Waals surface area contributed by atoms with Crippen molar-refractivity contribution in [3.05, 3.63) is 58.3 Å². The molecule has 0 aliphatic heterocycles. The largest absolute Gasteiger partial charge is 0.497 e. The van der Waals surface area contributed by atoms with Crippen molar-refractivity contribution in [2.24, 2.45) is 0 Å². The maximum atomic E-state index is 5.12. The second-order valence-electron chi connectivity index (χ2n) is 3.54. The van der Waals surface area contributed by atoms with E-state index in [0.717, 1.165) is 16.6 Å². The molecular weight excluding hydrogens is 266 g/mol. The molecule has 1 aromatic heterocycles. The fourth-order valence-electron chi connectivity index (χ4n) is 1.53. The zero-order chi connectivity index (χ0) is 11.4. The molecule has 82 valence electrons. The number of methoxy groups -OCH3 is 1. The second-order valence-corrected chi connectivity index (χ2v) is 4.45. The van der Waals surface area contributed by atoms with E-state index in [-0.39, 0.29) is 0 Å². The van der Waals surface area contributed by atoms with Crippen LogP contribution in [-0.2, 0) is 6.42 Å². The predicted octanol–water partition coefficient (Wildman–Crippen LogP) is 3.44. The Morgan fingerprint density at radius 2 is 1.88 bits per heavy atom.